The first-order valence-electron chi connectivity index (χ1n) is 7.32. The molecule has 2 aromatic rings. The number of nitrogens with one attached hydrogen (secondary N) is 1. The Balaban J connectivity index is 1.55. The SMILES string of the molecule is CC1CCCC(CNCc2nnc3ccccn23)C1. The summed E-state index contributed by atoms with van der Waals surface area (Å²) < 4.78 is 2.05. The third-order valence-corrected chi connectivity index (χ3v) is 4.15. The molecule has 0 aromatic carbocycles. The average Bonchev–Trinajstić information content (AvgIpc) is 2.83. The Morgan fingerprint density at radius 2 is 2.26 bits per heavy atom. The fourth-order valence-electron chi connectivity index (χ4n) is 3.14. The minimum absolute atomic E-state index is 0.802. The van der Waals surface area contributed by atoms with Crippen LogP contribution in [0, 0.1) is 11.8 Å². The van der Waals surface area contributed by atoms with Gasteiger partial charge in [0, 0.05) is 6.20 Å². The minimum atomic E-state index is 0.802. The fraction of sp³-hybridized carbons (Fsp3) is 0.600. The lowest BCUT2D eigenvalue weighted by molar-refractivity contribution is 0.273. The van der Waals surface area contributed by atoms with E-state index in [4.69, 9.17) is 0 Å². The van der Waals surface area contributed by atoms with Crippen LogP contribution in [0.2, 0.25) is 0 Å². The molecule has 0 spiro atoms. The van der Waals surface area contributed by atoms with Gasteiger partial charge in [0.25, 0.3) is 0 Å². The smallest absolute Gasteiger partial charge is 0.160 e. The summed E-state index contributed by atoms with van der Waals surface area (Å²) in [4.78, 5) is 0. The highest BCUT2D eigenvalue weighted by Gasteiger charge is 2.18. The van der Waals surface area contributed by atoms with Crippen molar-refractivity contribution in [1.29, 1.82) is 0 Å². The van der Waals surface area contributed by atoms with Crippen LogP contribution in [-0.4, -0.2) is 21.1 Å². The molecule has 1 N–H and O–H groups in total. The lowest BCUT2D eigenvalue weighted by Gasteiger charge is -2.26. The summed E-state index contributed by atoms with van der Waals surface area (Å²) in [5.41, 5.74) is 0.922. The van der Waals surface area contributed by atoms with E-state index in [0.717, 1.165) is 36.4 Å². The molecule has 3 rings (SSSR count). The van der Waals surface area contributed by atoms with Crippen molar-refractivity contribution in [3.05, 3.63) is 30.2 Å². The van der Waals surface area contributed by atoms with Crippen molar-refractivity contribution >= 4 is 5.65 Å². The summed E-state index contributed by atoms with van der Waals surface area (Å²) in [7, 11) is 0. The summed E-state index contributed by atoms with van der Waals surface area (Å²) in [5.74, 6) is 2.73. The highest BCUT2D eigenvalue weighted by atomic mass is 15.3. The summed E-state index contributed by atoms with van der Waals surface area (Å²) in [6.45, 7) is 4.28. The maximum atomic E-state index is 4.24. The van der Waals surface area contributed by atoms with Gasteiger partial charge in [-0.15, -0.1) is 10.2 Å². The zero-order chi connectivity index (χ0) is 13.1. The normalized spacial score (nSPS) is 23.8. The Hall–Kier alpha value is -1.42. The quantitative estimate of drug-likeness (QED) is 0.916. The number of nitrogens with zero attached hydrogens (tertiary/aromatic N) is 3. The van der Waals surface area contributed by atoms with Crippen molar-refractivity contribution in [2.75, 3.05) is 6.54 Å². The Morgan fingerprint density at radius 1 is 1.32 bits per heavy atom. The van der Waals surface area contributed by atoms with E-state index in [9.17, 15) is 0 Å². The third kappa shape index (κ3) is 2.95. The van der Waals surface area contributed by atoms with E-state index in [1.54, 1.807) is 0 Å². The third-order valence-electron chi connectivity index (χ3n) is 4.15. The maximum Gasteiger partial charge on any atom is 0.160 e. The van der Waals surface area contributed by atoms with Crippen LogP contribution >= 0.6 is 0 Å². The van der Waals surface area contributed by atoms with Crippen molar-refractivity contribution in [3.8, 4) is 0 Å². The van der Waals surface area contributed by atoms with E-state index in [-0.39, 0.29) is 0 Å². The molecule has 0 saturated heterocycles. The molecule has 4 heteroatoms. The molecule has 1 saturated carbocycles. The second-order valence-electron chi connectivity index (χ2n) is 5.81. The van der Waals surface area contributed by atoms with Crippen LogP contribution in [0.5, 0.6) is 0 Å². The maximum absolute atomic E-state index is 4.24. The average molecular weight is 258 g/mol. The number of pyridine rings is 1. The molecule has 19 heavy (non-hydrogen) atoms. The van der Waals surface area contributed by atoms with Gasteiger partial charge < -0.3 is 5.32 Å². The van der Waals surface area contributed by atoms with Gasteiger partial charge in [-0.2, -0.15) is 0 Å². The zero-order valence-electron chi connectivity index (χ0n) is 11.5. The van der Waals surface area contributed by atoms with Crippen LogP contribution in [-0.2, 0) is 6.54 Å². The first-order valence-corrected chi connectivity index (χ1v) is 7.32. The fourth-order valence-corrected chi connectivity index (χ4v) is 3.14. The van der Waals surface area contributed by atoms with Crippen molar-refractivity contribution in [1.82, 2.24) is 19.9 Å². The first kappa shape index (κ1) is 12.6. The predicted molar refractivity (Wildman–Crippen MR) is 75.8 cm³/mol. The van der Waals surface area contributed by atoms with Gasteiger partial charge in [-0.05, 0) is 43.4 Å². The zero-order valence-corrected chi connectivity index (χ0v) is 11.5. The molecule has 1 aliphatic carbocycles. The second kappa shape index (κ2) is 5.70. The van der Waals surface area contributed by atoms with E-state index >= 15 is 0 Å². The number of hydrogen-bond donors (Lipinski definition) is 1. The number of aromatic nitrogens is 3. The number of hydrogen-bond acceptors (Lipinski definition) is 3. The van der Waals surface area contributed by atoms with Gasteiger partial charge in [-0.1, -0.05) is 25.8 Å². The van der Waals surface area contributed by atoms with Gasteiger partial charge in [-0.3, -0.25) is 4.40 Å². The standard InChI is InChI=1S/C15H22N4/c1-12-5-4-6-13(9-12)10-16-11-15-18-17-14-7-2-3-8-19(14)15/h2-3,7-8,12-13,16H,4-6,9-11H2,1H3. The Kier molecular flexibility index (Phi) is 3.78. The molecule has 0 bridgehead atoms. The minimum Gasteiger partial charge on any atom is -0.310 e. The summed E-state index contributed by atoms with van der Waals surface area (Å²) in [6.07, 6.45) is 7.56. The molecule has 0 radical (unpaired) electrons. The number of fused-ring (bicyclic) bond motifs is 1. The van der Waals surface area contributed by atoms with Gasteiger partial charge in [0.2, 0.25) is 0 Å². The van der Waals surface area contributed by atoms with Gasteiger partial charge in [0.1, 0.15) is 0 Å². The van der Waals surface area contributed by atoms with Crippen LogP contribution in [0.1, 0.15) is 38.4 Å². The van der Waals surface area contributed by atoms with Crippen LogP contribution in [0.15, 0.2) is 24.4 Å². The summed E-state index contributed by atoms with van der Waals surface area (Å²) in [5, 5.41) is 12.0. The van der Waals surface area contributed by atoms with Gasteiger partial charge in [-0.25, -0.2) is 0 Å². The largest absolute Gasteiger partial charge is 0.310 e. The molecule has 0 amide bonds. The molecule has 2 atom stereocenters. The molecule has 2 aromatic heterocycles. The number of rotatable bonds is 4. The van der Waals surface area contributed by atoms with Gasteiger partial charge in [0.05, 0.1) is 6.54 Å². The van der Waals surface area contributed by atoms with Crippen molar-refractivity contribution < 1.29 is 0 Å². The molecule has 1 fully saturated rings. The van der Waals surface area contributed by atoms with E-state index in [2.05, 4.69) is 26.8 Å². The lowest BCUT2D eigenvalue weighted by atomic mass is 9.82. The van der Waals surface area contributed by atoms with Gasteiger partial charge >= 0.3 is 0 Å². The predicted octanol–water partition coefficient (Wildman–Crippen LogP) is 2.65. The molecular formula is C15H22N4. The van der Waals surface area contributed by atoms with Crippen molar-refractivity contribution in [2.45, 2.75) is 39.2 Å². The molecular weight excluding hydrogens is 236 g/mol. The Bertz CT molecular complexity index is 534. The molecule has 4 nitrogen and oxygen atoms in total. The van der Waals surface area contributed by atoms with Crippen LogP contribution in [0.25, 0.3) is 5.65 Å². The second-order valence-corrected chi connectivity index (χ2v) is 5.81. The van der Waals surface area contributed by atoms with E-state index in [1.165, 1.54) is 25.7 Å². The first-order chi connectivity index (χ1) is 9.33. The summed E-state index contributed by atoms with van der Waals surface area (Å²) >= 11 is 0. The Morgan fingerprint density at radius 3 is 3.16 bits per heavy atom. The molecule has 1 aliphatic rings. The monoisotopic (exact) mass is 258 g/mol. The van der Waals surface area contributed by atoms with Crippen molar-refractivity contribution in [2.24, 2.45) is 11.8 Å². The van der Waals surface area contributed by atoms with E-state index < -0.39 is 0 Å². The van der Waals surface area contributed by atoms with Crippen LogP contribution in [0.4, 0.5) is 0 Å². The van der Waals surface area contributed by atoms with E-state index in [1.807, 2.05) is 24.4 Å². The molecule has 102 valence electrons. The highest BCUT2D eigenvalue weighted by Crippen LogP contribution is 2.27. The topological polar surface area (TPSA) is 42.2 Å². The summed E-state index contributed by atoms with van der Waals surface area (Å²) in [6, 6.07) is 5.99. The van der Waals surface area contributed by atoms with Gasteiger partial charge in [0.15, 0.2) is 11.5 Å². The highest BCUT2D eigenvalue weighted by molar-refractivity contribution is 5.36. The van der Waals surface area contributed by atoms with Crippen LogP contribution in [0.3, 0.4) is 0 Å². The van der Waals surface area contributed by atoms with Crippen LogP contribution < -0.4 is 5.32 Å². The Labute approximate surface area is 114 Å². The van der Waals surface area contributed by atoms with Crippen molar-refractivity contribution in [3.63, 3.8) is 0 Å². The molecule has 2 unspecified atom stereocenters. The lowest BCUT2D eigenvalue weighted by Crippen LogP contribution is -2.27. The van der Waals surface area contributed by atoms with E-state index in [0.29, 0.717) is 0 Å². The molecule has 0 aliphatic heterocycles. The molecule has 2 heterocycles.